The van der Waals surface area contributed by atoms with Gasteiger partial charge in [-0.15, -0.1) is 0 Å². The first-order chi connectivity index (χ1) is 9.11. The molecule has 19 heavy (non-hydrogen) atoms. The van der Waals surface area contributed by atoms with Gasteiger partial charge in [0.15, 0.2) is 5.84 Å². The summed E-state index contributed by atoms with van der Waals surface area (Å²) in [6, 6.07) is 11.5. The monoisotopic (exact) mass is 296 g/mol. The lowest BCUT2D eigenvalue weighted by molar-refractivity contribution is 0.318. The summed E-state index contributed by atoms with van der Waals surface area (Å²) in [5.74, 6) is -0.350. The summed E-state index contributed by atoms with van der Waals surface area (Å²) in [6.45, 7) is 0. The lowest BCUT2D eigenvalue weighted by atomic mass is 10.2. The molecular weight excluding hydrogens is 287 g/mol. The van der Waals surface area contributed by atoms with Crippen molar-refractivity contribution in [1.82, 2.24) is 0 Å². The Morgan fingerprint density at radius 1 is 1.26 bits per heavy atom. The highest BCUT2D eigenvalue weighted by Gasteiger charge is 2.08. The van der Waals surface area contributed by atoms with E-state index in [1.807, 2.05) is 0 Å². The van der Waals surface area contributed by atoms with E-state index < -0.39 is 0 Å². The van der Waals surface area contributed by atoms with Gasteiger partial charge in [-0.3, -0.25) is 0 Å². The van der Waals surface area contributed by atoms with Crippen LogP contribution in [-0.2, 0) is 0 Å². The van der Waals surface area contributed by atoms with Crippen LogP contribution in [0.5, 0.6) is 0 Å². The summed E-state index contributed by atoms with van der Waals surface area (Å²) in [6.07, 6.45) is 0. The second kappa shape index (κ2) is 5.95. The van der Waals surface area contributed by atoms with Crippen LogP contribution in [0.1, 0.15) is 5.56 Å². The average Bonchev–Trinajstić information content (AvgIpc) is 2.41. The van der Waals surface area contributed by atoms with Gasteiger partial charge >= 0.3 is 0 Å². The summed E-state index contributed by atoms with van der Waals surface area (Å²) >= 11 is 7.28. The van der Waals surface area contributed by atoms with Crippen molar-refractivity contribution >= 4 is 29.2 Å². The van der Waals surface area contributed by atoms with Crippen molar-refractivity contribution in [3.8, 4) is 0 Å². The number of nitrogens with zero attached hydrogens (tertiary/aromatic N) is 1. The van der Waals surface area contributed by atoms with Gasteiger partial charge in [-0.25, -0.2) is 4.39 Å². The third-order valence-electron chi connectivity index (χ3n) is 2.39. The smallest absolute Gasteiger partial charge is 0.171 e. The van der Waals surface area contributed by atoms with Gasteiger partial charge in [0.25, 0.3) is 0 Å². The second-order valence-electron chi connectivity index (χ2n) is 3.66. The first-order valence-electron chi connectivity index (χ1n) is 5.31. The normalized spacial score (nSPS) is 11.6. The third-order valence-corrected chi connectivity index (χ3v) is 3.74. The van der Waals surface area contributed by atoms with Crippen molar-refractivity contribution in [2.24, 2.45) is 10.9 Å². The number of halogens is 2. The van der Waals surface area contributed by atoms with Crippen LogP contribution in [-0.4, -0.2) is 11.0 Å². The van der Waals surface area contributed by atoms with Crippen LogP contribution in [0.2, 0.25) is 5.02 Å². The Kier molecular flexibility index (Phi) is 4.29. The molecule has 98 valence electrons. The second-order valence-corrected chi connectivity index (χ2v) is 5.18. The van der Waals surface area contributed by atoms with E-state index in [0.717, 1.165) is 4.90 Å². The van der Waals surface area contributed by atoms with Crippen LogP contribution >= 0.6 is 23.4 Å². The number of hydrogen-bond donors (Lipinski definition) is 2. The topological polar surface area (TPSA) is 58.6 Å². The molecule has 0 aliphatic heterocycles. The SMILES string of the molecule is NC(=NO)c1ccc(Sc2ccccc2F)cc1Cl. The highest BCUT2D eigenvalue weighted by atomic mass is 35.5. The molecule has 0 aliphatic carbocycles. The first-order valence-corrected chi connectivity index (χ1v) is 6.51. The fraction of sp³-hybridized carbons (Fsp3) is 0. The van der Waals surface area contributed by atoms with Gasteiger partial charge in [-0.2, -0.15) is 0 Å². The standard InChI is InChI=1S/C13H10ClFN2OS/c14-10-7-8(5-6-9(10)13(16)17-18)19-12-4-2-1-3-11(12)15/h1-7,18H,(H2,16,17). The maximum Gasteiger partial charge on any atom is 0.171 e. The molecule has 3 N–H and O–H groups in total. The molecule has 0 aliphatic rings. The Morgan fingerprint density at radius 3 is 2.63 bits per heavy atom. The van der Waals surface area contributed by atoms with E-state index in [-0.39, 0.29) is 11.7 Å². The minimum absolute atomic E-state index is 0.0626. The average molecular weight is 297 g/mol. The summed E-state index contributed by atoms with van der Waals surface area (Å²) in [5, 5.41) is 11.8. The summed E-state index contributed by atoms with van der Waals surface area (Å²) in [4.78, 5) is 1.28. The predicted molar refractivity (Wildman–Crippen MR) is 74.5 cm³/mol. The molecule has 0 unspecified atom stereocenters. The highest BCUT2D eigenvalue weighted by Crippen LogP contribution is 2.32. The molecule has 0 saturated heterocycles. The lowest BCUT2D eigenvalue weighted by Gasteiger charge is -2.06. The maximum absolute atomic E-state index is 13.5. The van der Waals surface area contributed by atoms with Crippen molar-refractivity contribution in [2.45, 2.75) is 9.79 Å². The van der Waals surface area contributed by atoms with Crippen LogP contribution < -0.4 is 5.73 Å². The molecule has 0 heterocycles. The summed E-state index contributed by atoms with van der Waals surface area (Å²) in [5.41, 5.74) is 5.90. The number of benzene rings is 2. The minimum Gasteiger partial charge on any atom is -0.409 e. The van der Waals surface area contributed by atoms with Crippen LogP contribution in [0, 0.1) is 5.82 Å². The van der Waals surface area contributed by atoms with Crippen molar-refractivity contribution in [3.05, 3.63) is 58.9 Å². The van der Waals surface area contributed by atoms with Gasteiger partial charge in [-0.1, -0.05) is 40.7 Å². The Labute approximate surface area is 118 Å². The lowest BCUT2D eigenvalue weighted by Crippen LogP contribution is -2.13. The first kappa shape index (κ1) is 13.7. The summed E-state index contributed by atoms with van der Waals surface area (Å²) in [7, 11) is 0. The quantitative estimate of drug-likeness (QED) is 0.393. The fourth-order valence-electron chi connectivity index (χ4n) is 1.48. The number of rotatable bonds is 3. The molecule has 0 saturated carbocycles. The van der Waals surface area contributed by atoms with Gasteiger partial charge < -0.3 is 10.9 Å². The minimum atomic E-state index is -0.288. The van der Waals surface area contributed by atoms with E-state index in [2.05, 4.69) is 5.16 Å². The van der Waals surface area contributed by atoms with Gasteiger partial charge in [-0.05, 0) is 30.3 Å². The van der Waals surface area contributed by atoms with Crippen LogP contribution in [0.3, 0.4) is 0 Å². The van der Waals surface area contributed by atoms with Gasteiger partial charge in [0.2, 0.25) is 0 Å². The van der Waals surface area contributed by atoms with Crippen LogP contribution in [0.25, 0.3) is 0 Å². The van der Waals surface area contributed by atoms with Gasteiger partial charge in [0, 0.05) is 15.4 Å². The zero-order chi connectivity index (χ0) is 13.8. The zero-order valence-corrected chi connectivity index (χ0v) is 11.2. The fourth-order valence-corrected chi connectivity index (χ4v) is 2.70. The van der Waals surface area contributed by atoms with E-state index in [9.17, 15) is 4.39 Å². The molecule has 2 aromatic carbocycles. The molecule has 0 fully saturated rings. The Balaban J connectivity index is 2.29. The van der Waals surface area contributed by atoms with Crippen molar-refractivity contribution in [3.63, 3.8) is 0 Å². The Hall–Kier alpha value is -1.72. The van der Waals surface area contributed by atoms with Gasteiger partial charge in [0.05, 0.1) is 5.02 Å². The molecule has 0 amide bonds. The van der Waals surface area contributed by atoms with Crippen molar-refractivity contribution in [2.75, 3.05) is 0 Å². The van der Waals surface area contributed by atoms with E-state index in [0.29, 0.717) is 15.5 Å². The van der Waals surface area contributed by atoms with Crippen LogP contribution in [0.4, 0.5) is 4.39 Å². The third kappa shape index (κ3) is 3.19. The predicted octanol–water partition coefficient (Wildman–Crippen LogP) is 3.72. The highest BCUT2D eigenvalue weighted by molar-refractivity contribution is 7.99. The number of hydrogen-bond acceptors (Lipinski definition) is 3. The molecular formula is C13H10ClFN2OS. The van der Waals surface area contributed by atoms with Crippen LogP contribution in [0.15, 0.2) is 57.4 Å². The molecule has 3 nitrogen and oxygen atoms in total. The molecule has 6 heteroatoms. The number of amidine groups is 1. The molecule has 2 rings (SSSR count). The van der Waals surface area contributed by atoms with Gasteiger partial charge in [0.1, 0.15) is 5.82 Å². The summed E-state index contributed by atoms with van der Waals surface area (Å²) < 4.78 is 13.5. The zero-order valence-electron chi connectivity index (χ0n) is 9.68. The molecule has 2 aromatic rings. The van der Waals surface area contributed by atoms with E-state index in [4.69, 9.17) is 22.5 Å². The largest absolute Gasteiger partial charge is 0.409 e. The Bertz CT molecular complexity index is 634. The number of oxime groups is 1. The van der Waals surface area contributed by atoms with E-state index >= 15 is 0 Å². The molecule has 0 spiro atoms. The molecule has 0 bridgehead atoms. The molecule has 0 radical (unpaired) electrons. The van der Waals surface area contributed by atoms with E-state index in [1.165, 1.54) is 17.8 Å². The molecule has 0 aromatic heterocycles. The Morgan fingerprint density at radius 2 is 2.00 bits per heavy atom. The maximum atomic E-state index is 13.5. The van der Waals surface area contributed by atoms with Crippen molar-refractivity contribution < 1.29 is 9.60 Å². The number of nitrogens with two attached hydrogens (primary N) is 1. The van der Waals surface area contributed by atoms with Crippen molar-refractivity contribution in [1.29, 1.82) is 0 Å². The molecule has 0 atom stereocenters. The van der Waals surface area contributed by atoms with E-state index in [1.54, 1.807) is 36.4 Å².